The van der Waals surface area contributed by atoms with Gasteiger partial charge in [0, 0.05) is 16.6 Å². The van der Waals surface area contributed by atoms with Gasteiger partial charge in [-0.2, -0.15) is 0 Å². The van der Waals surface area contributed by atoms with Gasteiger partial charge in [-0.25, -0.2) is 9.37 Å². The fraction of sp³-hybridized carbons (Fsp3) is 0.0526. The third-order valence-corrected chi connectivity index (χ3v) is 5.48. The summed E-state index contributed by atoms with van der Waals surface area (Å²) in [6.07, 6.45) is 0. The van der Waals surface area contributed by atoms with Gasteiger partial charge >= 0.3 is 0 Å². The molecule has 140 valence electrons. The largest absolute Gasteiger partial charge is 0.329 e. The molecule has 2 heterocycles. The van der Waals surface area contributed by atoms with Crippen LogP contribution in [0.4, 0.5) is 20.9 Å². The number of para-hydroxylation sites is 1. The van der Waals surface area contributed by atoms with Crippen LogP contribution in [0, 0.1) is 12.7 Å². The number of halogens is 1. The summed E-state index contributed by atoms with van der Waals surface area (Å²) < 4.78 is 17.6. The van der Waals surface area contributed by atoms with E-state index in [-0.39, 0.29) is 11.7 Å². The number of nitrogens with zero attached hydrogens (tertiary/aromatic N) is 3. The highest BCUT2D eigenvalue weighted by Gasteiger charge is 2.14. The monoisotopic (exact) mass is 411 g/mol. The summed E-state index contributed by atoms with van der Waals surface area (Å²) in [5.74, 6) is -0.582. The maximum absolute atomic E-state index is 13.8. The van der Waals surface area contributed by atoms with E-state index in [1.54, 1.807) is 31.2 Å². The number of hydrogen-bond acceptors (Lipinski definition) is 7. The van der Waals surface area contributed by atoms with Crippen molar-refractivity contribution in [2.24, 2.45) is 0 Å². The lowest BCUT2D eigenvalue weighted by Gasteiger charge is -2.06. The Morgan fingerprint density at radius 2 is 2.00 bits per heavy atom. The molecule has 0 spiro atoms. The average molecular weight is 411 g/mol. The molecule has 6 nitrogen and oxygen atoms in total. The molecule has 2 N–H and O–H groups in total. The molecule has 0 aliphatic heterocycles. The Kier molecular flexibility index (Phi) is 5.09. The Labute approximate surface area is 168 Å². The van der Waals surface area contributed by atoms with Crippen LogP contribution in [0.25, 0.3) is 11.3 Å². The normalized spacial score (nSPS) is 10.6. The van der Waals surface area contributed by atoms with Gasteiger partial charge in [0.15, 0.2) is 5.13 Å². The maximum atomic E-state index is 13.8. The lowest BCUT2D eigenvalue weighted by atomic mass is 10.1. The van der Waals surface area contributed by atoms with Crippen LogP contribution in [-0.2, 0) is 0 Å². The number of amides is 1. The zero-order chi connectivity index (χ0) is 19.5. The van der Waals surface area contributed by atoms with Crippen LogP contribution >= 0.6 is 22.9 Å². The van der Waals surface area contributed by atoms with Crippen molar-refractivity contribution >= 4 is 45.3 Å². The first-order valence-corrected chi connectivity index (χ1v) is 9.93. The Bertz CT molecular complexity index is 1140. The van der Waals surface area contributed by atoms with Gasteiger partial charge in [-0.3, -0.25) is 4.79 Å². The van der Waals surface area contributed by atoms with Gasteiger partial charge in [0.1, 0.15) is 10.7 Å². The van der Waals surface area contributed by atoms with E-state index in [0.29, 0.717) is 27.1 Å². The van der Waals surface area contributed by atoms with Crippen molar-refractivity contribution < 1.29 is 9.18 Å². The van der Waals surface area contributed by atoms with E-state index in [4.69, 9.17) is 0 Å². The number of anilines is 3. The molecule has 4 aromatic rings. The second kappa shape index (κ2) is 7.83. The van der Waals surface area contributed by atoms with E-state index in [1.807, 2.05) is 23.6 Å². The molecule has 0 saturated heterocycles. The van der Waals surface area contributed by atoms with Crippen LogP contribution in [0.1, 0.15) is 15.4 Å². The summed E-state index contributed by atoms with van der Waals surface area (Å²) in [5.41, 5.74) is 3.19. The highest BCUT2D eigenvalue weighted by atomic mass is 32.1. The van der Waals surface area contributed by atoms with E-state index >= 15 is 0 Å². The molecule has 2 aromatic heterocycles. The van der Waals surface area contributed by atoms with Gasteiger partial charge < -0.3 is 10.6 Å². The van der Waals surface area contributed by atoms with Crippen molar-refractivity contribution in [2.75, 3.05) is 10.6 Å². The van der Waals surface area contributed by atoms with E-state index in [0.717, 1.165) is 22.8 Å². The number of rotatable bonds is 5. The van der Waals surface area contributed by atoms with Crippen LogP contribution in [0.15, 0.2) is 53.9 Å². The molecule has 0 aliphatic rings. The van der Waals surface area contributed by atoms with Crippen molar-refractivity contribution in [1.29, 1.82) is 0 Å². The molecular formula is C19H14FN5OS2. The molecule has 0 saturated carbocycles. The van der Waals surface area contributed by atoms with Gasteiger partial charge in [0.05, 0.1) is 17.1 Å². The molecule has 0 unspecified atom stereocenters. The molecule has 0 radical (unpaired) electrons. The highest BCUT2D eigenvalue weighted by molar-refractivity contribution is 7.14. The van der Waals surface area contributed by atoms with E-state index in [9.17, 15) is 9.18 Å². The minimum Gasteiger partial charge on any atom is -0.329 e. The quantitative estimate of drug-likeness (QED) is 0.477. The fourth-order valence-corrected chi connectivity index (χ4v) is 3.81. The molecule has 0 atom stereocenters. The summed E-state index contributed by atoms with van der Waals surface area (Å²) in [4.78, 5) is 17.3. The number of thiazole rings is 1. The van der Waals surface area contributed by atoms with Crippen LogP contribution in [0.2, 0.25) is 0 Å². The number of aromatic nitrogens is 3. The number of hydrogen-bond donors (Lipinski definition) is 2. The van der Waals surface area contributed by atoms with Crippen molar-refractivity contribution in [2.45, 2.75) is 6.92 Å². The van der Waals surface area contributed by atoms with Gasteiger partial charge in [-0.05, 0) is 42.7 Å². The number of carbonyl (C=O) groups is 1. The fourth-order valence-electron chi connectivity index (χ4n) is 2.53. The number of carbonyl (C=O) groups excluding carboxylic acids is 1. The molecule has 0 aliphatic carbocycles. The lowest BCUT2D eigenvalue weighted by Crippen LogP contribution is -2.11. The van der Waals surface area contributed by atoms with Crippen molar-refractivity contribution in [3.63, 3.8) is 0 Å². The number of aryl methyl sites for hydroxylation is 1. The molecule has 28 heavy (non-hydrogen) atoms. The van der Waals surface area contributed by atoms with E-state index in [2.05, 4.69) is 25.2 Å². The second-order valence-electron chi connectivity index (χ2n) is 5.87. The summed E-state index contributed by atoms with van der Waals surface area (Å²) in [6.45, 7) is 1.74. The molecular weight excluding hydrogens is 397 g/mol. The standard InChI is InChI=1S/C19H14FN5OS2/c1-11-17(28-25-24-11)18(26)21-13-6-4-5-12(9-13)16-10-27-19(23-16)22-15-8-3-2-7-14(15)20/h2-10H,1H3,(H,21,26)(H,22,23). The first-order valence-electron chi connectivity index (χ1n) is 8.28. The Morgan fingerprint density at radius 3 is 2.79 bits per heavy atom. The molecule has 0 bridgehead atoms. The lowest BCUT2D eigenvalue weighted by molar-refractivity contribution is 0.103. The predicted molar refractivity (Wildman–Crippen MR) is 110 cm³/mol. The predicted octanol–water partition coefficient (Wildman–Crippen LogP) is 5.11. The Balaban J connectivity index is 1.52. The average Bonchev–Trinajstić information content (AvgIpc) is 3.33. The van der Waals surface area contributed by atoms with Gasteiger partial charge in [-0.1, -0.05) is 28.8 Å². The summed E-state index contributed by atoms with van der Waals surface area (Å²) in [6, 6.07) is 13.8. The zero-order valence-electron chi connectivity index (χ0n) is 14.6. The minimum absolute atomic E-state index is 0.246. The second-order valence-corrected chi connectivity index (χ2v) is 7.48. The smallest absolute Gasteiger partial charge is 0.269 e. The number of benzene rings is 2. The summed E-state index contributed by atoms with van der Waals surface area (Å²) >= 11 is 2.44. The molecule has 0 fully saturated rings. The zero-order valence-corrected chi connectivity index (χ0v) is 16.3. The summed E-state index contributed by atoms with van der Waals surface area (Å²) in [5, 5.41) is 12.1. The Morgan fingerprint density at radius 1 is 1.14 bits per heavy atom. The third kappa shape index (κ3) is 3.90. The SMILES string of the molecule is Cc1nnsc1C(=O)Nc1cccc(-c2csc(Nc3ccccc3F)n2)c1. The van der Waals surface area contributed by atoms with Crippen LogP contribution in [0.3, 0.4) is 0 Å². The number of nitrogens with one attached hydrogen (secondary N) is 2. The molecule has 1 amide bonds. The molecule has 4 rings (SSSR count). The van der Waals surface area contributed by atoms with E-state index < -0.39 is 0 Å². The topological polar surface area (TPSA) is 79.8 Å². The highest BCUT2D eigenvalue weighted by Crippen LogP contribution is 2.29. The van der Waals surface area contributed by atoms with Crippen molar-refractivity contribution in [3.8, 4) is 11.3 Å². The van der Waals surface area contributed by atoms with Crippen LogP contribution < -0.4 is 10.6 Å². The summed E-state index contributed by atoms with van der Waals surface area (Å²) in [7, 11) is 0. The van der Waals surface area contributed by atoms with Crippen molar-refractivity contribution in [1.82, 2.24) is 14.6 Å². The van der Waals surface area contributed by atoms with Crippen LogP contribution in [-0.4, -0.2) is 20.5 Å². The first kappa shape index (κ1) is 18.2. The molecule has 9 heteroatoms. The maximum Gasteiger partial charge on any atom is 0.269 e. The third-order valence-electron chi connectivity index (χ3n) is 3.89. The Hall–Kier alpha value is -3.17. The minimum atomic E-state index is -0.336. The first-order chi connectivity index (χ1) is 13.6. The van der Waals surface area contributed by atoms with Gasteiger partial charge in [0.25, 0.3) is 5.91 Å². The van der Waals surface area contributed by atoms with Crippen LogP contribution in [0.5, 0.6) is 0 Å². The molecule has 2 aromatic carbocycles. The van der Waals surface area contributed by atoms with Gasteiger partial charge in [-0.15, -0.1) is 16.4 Å². The van der Waals surface area contributed by atoms with Gasteiger partial charge in [0.2, 0.25) is 0 Å². The van der Waals surface area contributed by atoms with E-state index in [1.165, 1.54) is 17.4 Å². The van der Waals surface area contributed by atoms with Crippen molar-refractivity contribution in [3.05, 3.63) is 70.3 Å².